The molecule has 0 amide bonds. The molecule has 16 aromatic rings. The largest absolute Gasteiger partial charge is 1.00 e. The van der Waals surface area contributed by atoms with Crippen molar-refractivity contribution in [1.29, 1.82) is 0 Å². The first-order valence-corrected chi connectivity index (χ1v) is 39.6. The van der Waals surface area contributed by atoms with E-state index in [1.807, 2.05) is 143 Å². The van der Waals surface area contributed by atoms with Gasteiger partial charge in [0.2, 0.25) is 0 Å². The number of benzene rings is 14. The van der Waals surface area contributed by atoms with Crippen LogP contribution in [0.3, 0.4) is 0 Å². The minimum absolute atomic E-state index is 0. The Morgan fingerprint density at radius 2 is 0.710 bits per heavy atom. The van der Waals surface area contributed by atoms with Crippen LogP contribution < -0.4 is 123 Å². The van der Waals surface area contributed by atoms with E-state index in [0.29, 0.717) is 5.46 Å². The van der Waals surface area contributed by atoms with E-state index >= 15 is 0 Å². The first-order chi connectivity index (χ1) is 51.6. The zero-order valence-electron chi connectivity index (χ0n) is 60.0. The molecule has 4 heterocycles. The Kier molecular flexibility index (Phi) is 29.2. The number of hydrogen-bond acceptors (Lipinski definition) is 14. The normalized spacial score (nSPS) is 11.3. The summed E-state index contributed by atoms with van der Waals surface area (Å²) in [5.74, 6) is 0. The summed E-state index contributed by atoms with van der Waals surface area (Å²) in [5, 5.41) is 32.2. The fourth-order valence-corrected chi connectivity index (χ4v) is 19.9. The van der Waals surface area contributed by atoms with Gasteiger partial charge in [-0.1, -0.05) is 234 Å². The number of carbonyl (C=O) groups excluding carboxylic acids is 1. The molecule has 0 fully saturated rings. The Morgan fingerprint density at radius 3 is 1.07 bits per heavy atom. The molecule has 2 aromatic heterocycles. The summed E-state index contributed by atoms with van der Waals surface area (Å²) in [5.41, 5.74) is 14.6. The van der Waals surface area contributed by atoms with Gasteiger partial charge >= 0.3 is 110 Å². The molecule has 0 saturated carbocycles. The van der Waals surface area contributed by atoms with E-state index < -0.39 is 7.12 Å². The molecule has 18 heteroatoms. The van der Waals surface area contributed by atoms with Gasteiger partial charge in [0.1, 0.15) is 0 Å². The Morgan fingerprint density at radius 1 is 0.393 bits per heavy atom. The topological polar surface area (TPSA) is 106 Å². The molecule has 0 spiro atoms. The number of rotatable bonds is 13. The molecule has 0 radical (unpaired) electrons. The van der Waals surface area contributed by atoms with Crippen LogP contribution in [0.4, 0.5) is 34.1 Å². The van der Waals surface area contributed by atoms with E-state index in [-0.39, 0.29) is 111 Å². The number of nitrogens with zero attached hydrogens (tertiary/aromatic N) is 2. The zero-order valence-corrected chi connectivity index (χ0v) is 71.7. The monoisotopic (exact) mass is 1620 g/mol. The molecule has 2 aliphatic rings. The molecule has 18 rings (SSSR count). The van der Waals surface area contributed by atoms with E-state index in [9.17, 15) is 10.0 Å². The van der Waals surface area contributed by atoms with Crippen LogP contribution in [0.1, 0.15) is 14.8 Å². The maximum absolute atomic E-state index is 9.23. The minimum atomic E-state index is -1.45. The Hall–Kier alpha value is -6.35. The van der Waals surface area contributed by atoms with E-state index in [1.54, 1.807) is 19.2 Å². The van der Waals surface area contributed by atoms with Gasteiger partial charge in [0, 0.05) is 132 Å². The van der Waals surface area contributed by atoms with Gasteiger partial charge in [-0.2, -0.15) is 0 Å². The quantitative estimate of drug-likeness (QED) is 0.0497. The van der Waals surface area contributed by atoms with Gasteiger partial charge < -0.3 is 36.2 Å². The molecule has 2 aliphatic heterocycles. The molecule has 0 aliphatic carbocycles. The zero-order chi connectivity index (χ0) is 72.0. The molecule has 2 N–H and O–H groups in total. The Labute approximate surface area is 744 Å². The van der Waals surface area contributed by atoms with Crippen LogP contribution in [-0.2, 0) is 14.4 Å². The SMILES string of the molecule is Brc1ccc2sc3ccc(-c4cccc5c4Sc4ccccc4S5)cc3c2c1.CCCOC.O=CO[O-].OB(O)c1ccc(N(c2ccccc2)c2ccccc2)cc1.[H-].[K+].[K+].c1ccc(N(c2ccccc2)c2ccc(-c3ccc4sc5ccc(-c6cccc7c6Sc6ccccc6S7)cc5c4c3)cc2)cc1. The van der Waals surface area contributed by atoms with Crippen molar-refractivity contribution in [2.75, 3.05) is 23.5 Å². The van der Waals surface area contributed by atoms with Crippen LogP contribution in [0.2, 0.25) is 0 Å². The Balaban J connectivity index is 0.000000160. The number of ether oxygens (including phenoxy) is 1. The fourth-order valence-electron chi connectivity index (χ4n) is 12.6. The van der Waals surface area contributed by atoms with Crippen molar-refractivity contribution in [3.8, 4) is 33.4 Å². The average Bonchev–Trinajstić information content (AvgIpc) is 1.63. The van der Waals surface area contributed by atoms with Crippen LogP contribution in [-0.4, -0.2) is 37.4 Å². The third-order valence-corrected chi connectivity index (χ3v) is 25.5. The van der Waals surface area contributed by atoms with Crippen LogP contribution in [0.25, 0.3) is 73.7 Å². The number of hydrogen-bond donors (Lipinski definition) is 2. The van der Waals surface area contributed by atoms with Crippen molar-refractivity contribution in [2.24, 2.45) is 0 Å². The van der Waals surface area contributed by atoms with Crippen molar-refractivity contribution >= 4 is 179 Å². The number of halogens is 1. The summed E-state index contributed by atoms with van der Waals surface area (Å²) >= 11 is 14.9. The van der Waals surface area contributed by atoms with E-state index in [4.69, 9.17) is 14.8 Å². The van der Waals surface area contributed by atoms with Crippen molar-refractivity contribution in [1.82, 2.24) is 0 Å². The van der Waals surface area contributed by atoms with Crippen molar-refractivity contribution in [3.05, 3.63) is 332 Å². The molecule has 107 heavy (non-hydrogen) atoms. The number of fused-ring (bicyclic) bond motifs is 10. The Bertz CT molecular complexity index is 5580. The van der Waals surface area contributed by atoms with Gasteiger partial charge in [-0.25, -0.2) is 0 Å². The number of carbonyl (C=O) groups is 1. The third-order valence-electron chi connectivity index (χ3n) is 17.5. The molecule has 0 unspecified atom stereocenters. The predicted molar refractivity (Wildman–Crippen MR) is 448 cm³/mol. The average molecular weight is 1620 g/mol. The molecular weight excluding hydrogens is 1550 g/mol. The van der Waals surface area contributed by atoms with Gasteiger partial charge in [0.05, 0.1) is 0 Å². The van der Waals surface area contributed by atoms with Crippen LogP contribution in [0.5, 0.6) is 0 Å². The van der Waals surface area contributed by atoms with Gasteiger partial charge in [-0.05, 0) is 209 Å². The van der Waals surface area contributed by atoms with E-state index in [0.717, 1.165) is 51.6 Å². The maximum Gasteiger partial charge on any atom is 1.00 e. The molecule has 518 valence electrons. The number of anilines is 6. The van der Waals surface area contributed by atoms with E-state index in [1.165, 1.54) is 113 Å². The summed E-state index contributed by atoms with van der Waals surface area (Å²) in [7, 11) is 0.264. The van der Waals surface area contributed by atoms with Crippen molar-refractivity contribution in [2.45, 2.75) is 52.5 Å². The van der Waals surface area contributed by atoms with E-state index in [2.05, 4.69) is 280 Å². The van der Waals surface area contributed by atoms with Gasteiger partial charge in [0.25, 0.3) is 6.47 Å². The summed E-state index contributed by atoms with van der Waals surface area (Å²) in [6.07, 6.45) is 1.12. The third kappa shape index (κ3) is 19.2. The van der Waals surface area contributed by atoms with Crippen LogP contribution in [0, 0.1) is 0 Å². The second-order valence-corrected chi connectivity index (χ2v) is 31.6. The molecule has 8 nitrogen and oxygen atoms in total. The van der Waals surface area contributed by atoms with Gasteiger partial charge in [-0.3, -0.25) is 4.79 Å². The molecule has 0 saturated heterocycles. The summed E-state index contributed by atoms with van der Waals surface area (Å²) < 4.78 is 11.1. The summed E-state index contributed by atoms with van der Waals surface area (Å²) in [6, 6.07) is 116. The molecule has 14 aromatic carbocycles. The first kappa shape index (κ1) is 80.2. The minimum Gasteiger partial charge on any atom is -1.00 e. The molecule has 0 atom stereocenters. The van der Waals surface area contributed by atoms with Crippen LogP contribution >= 0.6 is 85.7 Å². The summed E-state index contributed by atoms with van der Waals surface area (Å²) in [6.45, 7) is 2.80. The fraction of sp³-hybridized carbons (Fsp3) is 0.0449. The predicted octanol–water partition coefficient (Wildman–Crippen LogP) is 19.0. The van der Waals surface area contributed by atoms with Gasteiger partial charge in [0.15, 0.2) is 0 Å². The molecule has 0 bridgehead atoms. The first-order valence-electron chi connectivity index (χ1n) is 34.0. The molecular formula is C89H68BBrK2N2O6S6. The van der Waals surface area contributed by atoms with Crippen molar-refractivity contribution < 1.29 is 134 Å². The second kappa shape index (κ2) is 39.0. The summed E-state index contributed by atoms with van der Waals surface area (Å²) in [4.78, 5) is 26.4. The smallest absolute Gasteiger partial charge is 1.00 e. The number of thiophene rings is 2. The standard InChI is InChI=1S/C42H27NS3.C24H13BrS3.C18H16BNO2.C4H10O.CH2O3.2K.H/c1-3-10-31(11-4-1)43(32-12-5-2-6-13-32)33-22-18-28(19-23-33)29-20-24-37-35(26-29)36-27-30(21-25-38(36)44-37)34-14-9-17-41-42(34)46-40-16-8-7-15-39(40)45-41;25-15-9-11-20-18(13-15)17-12-14(8-10-19(17)26-20)16-4-3-7-23-24(16)28-22-6-2-1-5-21(22)27-23;21-19(22)15-11-13-18(14-12-15)20(16-7-3-1-4-8-16)17-9-5-2-6-10-17;1-3-4-5-2;2-1-4-3;;;/h1-27H;1-13H;1-14,21-22H;3-4H2,1-2H3;1,3H;;;/q;;;;;2*+1;-1/p-1. The second-order valence-electron chi connectivity index (χ2n) is 24.3. The van der Waals surface area contributed by atoms with Crippen molar-refractivity contribution in [3.63, 3.8) is 0 Å². The van der Waals surface area contributed by atoms with Gasteiger partial charge in [-0.15, -0.1) is 22.7 Å². The van der Waals surface area contributed by atoms with Crippen LogP contribution in [0.15, 0.2) is 371 Å². The number of para-hydroxylation sites is 4. The number of methoxy groups -OCH3 is 1. The maximum atomic E-state index is 9.23.